The molecular formula is C21H30O2. The molecular weight excluding hydrogens is 284 g/mol. The summed E-state index contributed by atoms with van der Waals surface area (Å²) in [5, 5.41) is 0. The highest BCUT2D eigenvalue weighted by Crippen LogP contribution is 2.71. The van der Waals surface area contributed by atoms with Crippen molar-refractivity contribution < 1.29 is 9.15 Å². The molecule has 6 atom stereocenters. The van der Waals surface area contributed by atoms with Gasteiger partial charge >= 0.3 is 0 Å². The van der Waals surface area contributed by atoms with Crippen molar-refractivity contribution in [3.8, 4) is 0 Å². The van der Waals surface area contributed by atoms with E-state index in [4.69, 9.17) is 9.15 Å². The van der Waals surface area contributed by atoms with Crippen molar-refractivity contribution in [1.82, 2.24) is 0 Å². The van der Waals surface area contributed by atoms with Gasteiger partial charge in [-0.15, -0.1) is 0 Å². The molecule has 1 aromatic heterocycles. The zero-order valence-electron chi connectivity index (χ0n) is 14.6. The van der Waals surface area contributed by atoms with E-state index in [0.717, 1.165) is 36.7 Å². The Morgan fingerprint density at radius 3 is 3.00 bits per heavy atom. The van der Waals surface area contributed by atoms with E-state index in [0.29, 0.717) is 10.8 Å². The van der Waals surface area contributed by atoms with Crippen molar-refractivity contribution in [1.29, 1.82) is 0 Å². The van der Waals surface area contributed by atoms with Crippen LogP contribution in [0.5, 0.6) is 0 Å². The predicted octanol–water partition coefficient (Wildman–Crippen LogP) is 5.18. The number of hydrogen-bond donors (Lipinski definition) is 0. The van der Waals surface area contributed by atoms with E-state index in [1.165, 1.54) is 50.7 Å². The number of hydrogen-bond acceptors (Lipinski definition) is 2. The first-order valence-electron chi connectivity index (χ1n) is 9.71. The van der Waals surface area contributed by atoms with Gasteiger partial charge in [-0.2, -0.15) is 0 Å². The van der Waals surface area contributed by atoms with Gasteiger partial charge in [0.2, 0.25) is 0 Å². The van der Waals surface area contributed by atoms with Crippen LogP contribution in [0.2, 0.25) is 0 Å². The maximum atomic E-state index is 5.78. The Labute approximate surface area is 140 Å². The highest BCUT2D eigenvalue weighted by Gasteiger charge is 2.62. The summed E-state index contributed by atoms with van der Waals surface area (Å²) >= 11 is 0. The first kappa shape index (κ1) is 14.6. The van der Waals surface area contributed by atoms with Gasteiger partial charge in [-0.25, -0.2) is 0 Å². The third kappa shape index (κ3) is 1.85. The minimum Gasteiger partial charge on any atom is -0.469 e. The number of furan rings is 1. The van der Waals surface area contributed by atoms with Crippen molar-refractivity contribution in [3.05, 3.63) is 23.7 Å². The Kier molecular flexibility index (Phi) is 3.09. The van der Waals surface area contributed by atoms with E-state index in [9.17, 15) is 0 Å². The van der Waals surface area contributed by atoms with E-state index in [-0.39, 0.29) is 0 Å². The molecule has 4 aliphatic rings. The maximum absolute atomic E-state index is 5.78. The molecule has 2 heteroatoms. The number of aryl methyl sites for hydroxylation is 1. The third-order valence-electron chi connectivity index (χ3n) is 8.52. The first-order valence-corrected chi connectivity index (χ1v) is 9.71. The van der Waals surface area contributed by atoms with Crippen LogP contribution in [0, 0.1) is 28.6 Å². The normalized spacial score (nSPS) is 47.7. The van der Waals surface area contributed by atoms with Crippen LogP contribution in [0.4, 0.5) is 0 Å². The molecule has 1 spiro atoms. The van der Waals surface area contributed by atoms with Gasteiger partial charge in [0, 0.05) is 20.1 Å². The van der Waals surface area contributed by atoms with Crippen LogP contribution in [0.15, 0.2) is 16.7 Å². The molecule has 0 saturated heterocycles. The monoisotopic (exact) mass is 314 g/mol. The summed E-state index contributed by atoms with van der Waals surface area (Å²) in [6, 6.07) is 2.28. The van der Waals surface area contributed by atoms with Gasteiger partial charge in [0.15, 0.2) is 0 Å². The second-order valence-electron chi connectivity index (χ2n) is 9.27. The fourth-order valence-electron chi connectivity index (χ4n) is 7.70. The zero-order chi connectivity index (χ0) is 15.7. The molecule has 0 aromatic carbocycles. The summed E-state index contributed by atoms with van der Waals surface area (Å²) in [6.45, 7) is 3.62. The summed E-state index contributed by atoms with van der Waals surface area (Å²) in [5.41, 5.74) is 2.70. The smallest absolute Gasteiger partial charge is 0.107 e. The third-order valence-corrected chi connectivity index (χ3v) is 8.52. The zero-order valence-corrected chi connectivity index (χ0v) is 14.6. The quantitative estimate of drug-likeness (QED) is 0.750. The van der Waals surface area contributed by atoms with Gasteiger partial charge < -0.3 is 9.15 Å². The van der Waals surface area contributed by atoms with Crippen molar-refractivity contribution in [3.63, 3.8) is 0 Å². The van der Waals surface area contributed by atoms with E-state index < -0.39 is 0 Å². The summed E-state index contributed by atoms with van der Waals surface area (Å²) < 4.78 is 11.3. The average molecular weight is 314 g/mol. The molecule has 4 aliphatic carbocycles. The van der Waals surface area contributed by atoms with Crippen LogP contribution in [-0.4, -0.2) is 13.7 Å². The molecule has 0 radical (unpaired) electrons. The lowest BCUT2D eigenvalue weighted by Crippen LogP contribution is -2.50. The molecule has 0 amide bonds. The van der Waals surface area contributed by atoms with Gasteiger partial charge in [0.1, 0.15) is 5.76 Å². The van der Waals surface area contributed by atoms with Crippen molar-refractivity contribution >= 4 is 0 Å². The molecule has 5 rings (SSSR count). The van der Waals surface area contributed by atoms with E-state index in [1.54, 1.807) is 5.56 Å². The van der Waals surface area contributed by atoms with E-state index in [2.05, 4.69) is 13.0 Å². The van der Waals surface area contributed by atoms with E-state index in [1.807, 2.05) is 13.4 Å². The Morgan fingerprint density at radius 2 is 2.13 bits per heavy atom. The largest absolute Gasteiger partial charge is 0.469 e. The summed E-state index contributed by atoms with van der Waals surface area (Å²) in [5.74, 6) is 4.74. The molecule has 0 aliphatic heterocycles. The maximum Gasteiger partial charge on any atom is 0.107 e. The van der Waals surface area contributed by atoms with Gasteiger partial charge in [0.25, 0.3) is 0 Å². The molecule has 3 saturated carbocycles. The topological polar surface area (TPSA) is 22.4 Å². The fraction of sp³-hybridized carbons (Fsp3) is 0.810. The number of methoxy groups -OCH3 is 1. The molecule has 126 valence electrons. The van der Waals surface area contributed by atoms with Gasteiger partial charge in [-0.3, -0.25) is 0 Å². The molecule has 23 heavy (non-hydrogen) atoms. The second-order valence-corrected chi connectivity index (χ2v) is 9.27. The lowest BCUT2D eigenvalue weighted by molar-refractivity contribution is -0.0694. The first-order chi connectivity index (χ1) is 11.2. The van der Waals surface area contributed by atoms with E-state index >= 15 is 0 Å². The molecule has 1 heterocycles. The highest BCUT2D eigenvalue weighted by molar-refractivity contribution is 5.31. The highest BCUT2D eigenvalue weighted by atomic mass is 16.5. The summed E-state index contributed by atoms with van der Waals surface area (Å²) in [4.78, 5) is 0. The Balaban J connectivity index is 1.51. The SMILES string of the molecule is COCC1C[C@@]23CC[C@@H]4c5ccoc5CC[C@@]4(C)C2CC[C@@H]1C3. The molecule has 3 fully saturated rings. The Hall–Kier alpha value is -0.760. The molecule has 0 N–H and O–H groups in total. The Morgan fingerprint density at radius 1 is 1.22 bits per heavy atom. The van der Waals surface area contributed by atoms with Crippen LogP contribution < -0.4 is 0 Å². The lowest BCUT2D eigenvalue weighted by Gasteiger charge is -2.59. The Bertz CT molecular complexity index is 605. The van der Waals surface area contributed by atoms with Crippen molar-refractivity contribution in [2.45, 2.75) is 64.2 Å². The minimum atomic E-state index is 0.502. The van der Waals surface area contributed by atoms with Crippen LogP contribution in [0.3, 0.4) is 0 Å². The van der Waals surface area contributed by atoms with Crippen LogP contribution in [-0.2, 0) is 11.2 Å². The number of rotatable bonds is 2. The van der Waals surface area contributed by atoms with Crippen LogP contribution >= 0.6 is 0 Å². The van der Waals surface area contributed by atoms with Crippen molar-refractivity contribution in [2.24, 2.45) is 28.6 Å². The summed E-state index contributed by atoms with van der Waals surface area (Å²) in [6.07, 6.45) is 13.1. The molecule has 2 bridgehead atoms. The lowest BCUT2D eigenvalue weighted by atomic mass is 9.45. The van der Waals surface area contributed by atoms with Crippen LogP contribution in [0.1, 0.15) is 69.1 Å². The fourth-order valence-corrected chi connectivity index (χ4v) is 7.70. The predicted molar refractivity (Wildman–Crippen MR) is 90.4 cm³/mol. The molecule has 2 nitrogen and oxygen atoms in total. The second kappa shape index (κ2) is 4.88. The van der Waals surface area contributed by atoms with Crippen LogP contribution in [0.25, 0.3) is 0 Å². The summed E-state index contributed by atoms with van der Waals surface area (Å²) in [7, 11) is 1.89. The number of ether oxygens (including phenoxy) is 1. The van der Waals surface area contributed by atoms with Gasteiger partial charge in [-0.05, 0) is 91.1 Å². The van der Waals surface area contributed by atoms with Gasteiger partial charge in [-0.1, -0.05) is 6.92 Å². The molecule has 2 unspecified atom stereocenters. The van der Waals surface area contributed by atoms with Gasteiger partial charge in [0.05, 0.1) is 6.26 Å². The standard InChI is InChI=1S/C21H30O2/c1-20-8-6-18-16(7-10-23-18)17(20)5-9-21-11-14(3-4-19(20)21)15(12-21)13-22-2/h7,10,14-15,17,19H,3-6,8-9,11-13H2,1-2H3/t14-,15?,17-,19?,20-,21+/m1/s1. The molecule has 1 aromatic rings. The minimum absolute atomic E-state index is 0.502. The average Bonchev–Trinajstić information content (AvgIpc) is 3.10. The number of fused-ring (bicyclic) bond motifs is 5. The van der Waals surface area contributed by atoms with Crippen molar-refractivity contribution in [2.75, 3.05) is 13.7 Å².